The van der Waals surface area contributed by atoms with Gasteiger partial charge in [0.2, 0.25) is 6.79 Å². The normalized spacial score (nSPS) is 16.0. The average molecular weight is 496 g/mol. The van der Waals surface area contributed by atoms with E-state index in [1.54, 1.807) is 7.11 Å². The third kappa shape index (κ3) is 4.92. The fourth-order valence-electron chi connectivity index (χ4n) is 4.66. The SMILES string of the molecule is COc1ccc(N2CCN([C@H](CNC(=O)c3c(F)cccc3F)c3ccc4c(c3)OCO4)CC2)cc1. The Morgan fingerprint density at radius 2 is 1.67 bits per heavy atom. The molecule has 0 aromatic heterocycles. The summed E-state index contributed by atoms with van der Waals surface area (Å²) in [4.78, 5) is 17.3. The number of ether oxygens (including phenoxy) is 3. The number of nitrogens with one attached hydrogen (secondary N) is 1. The van der Waals surface area contributed by atoms with Crippen LogP contribution in [0.2, 0.25) is 0 Å². The highest BCUT2D eigenvalue weighted by atomic mass is 19.1. The standard InChI is InChI=1S/C27H27F2N3O4/c1-34-20-8-6-19(7-9-20)31-11-13-32(14-12-31)23(18-5-10-24-25(15-18)36-17-35-24)16-30-27(33)26-21(28)3-2-4-22(26)29/h2-10,15,23H,11-14,16-17H2,1H3,(H,30,33)/t23-/m1/s1. The van der Waals surface area contributed by atoms with E-state index in [4.69, 9.17) is 14.2 Å². The molecule has 2 aliphatic heterocycles. The third-order valence-corrected chi connectivity index (χ3v) is 6.62. The van der Waals surface area contributed by atoms with Crippen molar-refractivity contribution in [3.63, 3.8) is 0 Å². The Morgan fingerprint density at radius 3 is 2.36 bits per heavy atom. The van der Waals surface area contributed by atoms with Crippen LogP contribution in [-0.2, 0) is 0 Å². The van der Waals surface area contributed by atoms with E-state index in [1.807, 2.05) is 42.5 Å². The molecule has 0 unspecified atom stereocenters. The first kappa shape index (κ1) is 23.9. The van der Waals surface area contributed by atoms with Crippen LogP contribution >= 0.6 is 0 Å². The number of nitrogens with zero attached hydrogens (tertiary/aromatic N) is 2. The number of methoxy groups -OCH3 is 1. The van der Waals surface area contributed by atoms with Gasteiger partial charge in [0.15, 0.2) is 11.5 Å². The van der Waals surface area contributed by atoms with Crippen molar-refractivity contribution in [1.29, 1.82) is 0 Å². The van der Waals surface area contributed by atoms with E-state index in [0.717, 1.165) is 55.3 Å². The molecule has 2 heterocycles. The van der Waals surface area contributed by atoms with E-state index in [0.29, 0.717) is 11.5 Å². The second kappa shape index (κ2) is 10.4. The van der Waals surface area contributed by atoms with Gasteiger partial charge in [-0.2, -0.15) is 0 Å². The van der Waals surface area contributed by atoms with Gasteiger partial charge in [-0.3, -0.25) is 9.69 Å². The largest absolute Gasteiger partial charge is 0.497 e. The van der Waals surface area contributed by atoms with Gasteiger partial charge in [-0.1, -0.05) is 12.1 Å². The molecule has 9 heteroatoms. The van der Waals surface area contributed by atoms with Crippen molar-refractivity contribution < 1.29 is 27.8 Å². The molecule has 5 rings (SSSR count). The van der Waals surface area contributed by atoms with Crippen molar-refractivity contribution in [2.24, 2.45) is 0 Å². The highest BCUT2D eigenvalue weighted by Crippen LogP contribution is 2.36. The minimum atomic E-state index is -0.889. The monoisotopic (exact) mass is 495 g/mol. The van der Waals surface area contributed by atoms with Gasteiger partial charge in [0.25, 0.3) is 5.91 Å². The topological polar surface area (TPSA) is 63.3 Å². The van der Waals surface area contributed by atoms with Crippen molar-refractivity contribution in [3.05, 3.63) is 83.4 Å². The van der Waals surface area contributed by atoms with Crippen LogP contribution in [0, 0.1) is 11.6 Å². The van der Waals surface area contributed by atoms with E-state index >= 15 is 0 Å². The molecule has 1 fully saturated rings. The summed E-state index contributed by atoms with van der Waals surface area (Å²) in [5.41, 5.74) is 1.45. The summed E-state index contributed by atoms with van der Waals surface area (Å²) in [6.45, 7) is 3.36. The quantitative estimate of drug-likeness (QED) is 0.535. The predicted molar refractivity (Wildman–Crippen MR) is 131 cm³/mol. The Balaban J connectivity index is 1.33. The fourth-order valence-corrected chi connectivity index (χ4v) is 4.66. The Kier molecular flexibility index (Phi) is 6.90. The minimum Gasteiger partial charge on any atom is -0.497 e. The van der Waals surface area contributed by atoms with Crippen molar-refractivity contribution in [2.75, 3.05) is 51.5 Å². The molecule has 36 heavy (non-hydrogen) atoms. The first-order valence-corrected chi connectivity index (χ1v) is 11.8. The second-order valence-electron chi connectivity index (χ2n) is 8.66. The number of fused-ring (bicyclic) bond motifs is 1. The van der Waals surface area contributed by atoms with Crippen LogP contribution in [0.25, 0.3) is 0 Å². The highest BCUT2D eigenvalue weighted by Gasteiger charge is 2.28. The van der Waals surface area contributed by atoms with Crippen LogP contribution < -0.4 is 24.4 Å². The maximum Gasteiger partial charge on any atom is 0.257 e. The van der Waals surface area contributed by atoms with Gasteiger partial charge in [0.1, 0.15) is 22.9 Å². The summed E-state index contributed by atoms with van der Waals surface area (Å²) in [6, 6.07) is 16.8. The summed E-state index contributed by atoms with van der Waals surface area (Å²) in [7, 11) is 1.64. The molecule has 0 bridgehead atoms. The van der Waals surface area contributed by atoms with Crippen LogP contribution in [0.15, 0.2) is 60.7 Å². The molecule has 7 nitrogen and oxygen atoms in total. The predicted octanol–water partition coefficient (Wildman–Crippen LogP) is 4.00. The summed E-state index contributed by atoms with van der Waals surface area (Å²) in [5, 5.41) is 2.74. The maximum atomic E-state index is 14.1. The van der Waals surface area contributed by atoms with Crippen LogP contribution in [0.3, 0.4) is 0 Å². The van der Waals surface area contributed by atoms with Gasteiger partial charge in [-0.05, 0) is 54.1 Å². The summed E-state index contributed by atoms with van der Waals surface area (Å²) in [5.74, 6) is -0.448. The third-order valence-electron chi connectivity index (χ3n) is 6.62. The van der Waals surface area contributed by atoms with Crippen LogP contribution in [0.4, 0.5) is 14.5 Å². The molecule has 0 spiro atoms. The van der Waals surface area contributed by atoms with Gasteiger partial charge < -0.3 is 24.4 Å². The average Bonchev–Trinajstić information content (AvgIpc) is 3.37. The molecule has 0 saturated carbocycles. The number of carbonyl (C=O) groups is 1. The van der Waals surface area contributed by atoms with E-state index in [9.17, 15) is 13.6 Å². The number of benzene rings is 3. The highest BCUT2D eigenvalue weighted by molar-refractivity contribution is 5.94. The first-order valence-electron chi connectivity index (χ1n) is 11.8. The molecule has 1 atom stereocenters. The van der Waals surface area contributed by atoms with Gasteiger partial charge in [0, 0.05) is 38.4 Å². The number of halogens is 2. The zero-order valence-corrected chi connectivity index (χ0v) is 19.9. The molecular weight excluding hydrogens is 468 g/mol. The molecule has 3 aromatic carbocycles. The Bertz CT molecular complexity index is 1210. The molecule has 1 saturated heterocycles. The molecule has 3 aromatic rings. The van der Waals surface area contributed by atoms with Crippen LogP contribution in [0.5, 0.6) is 17.2 Å². The molecule has 0 radical (unpaired) electrons. The molecule has 1 N–H and O–H groups in total. The number of amides is 1. The Hall–Kier alpha value is -3.85. The zero-order chi connectivity index (χ0) is 25.1. The first-order chi connectivity index (χ1) is 17.5. The minimum absolute atomic E-state index is 0.160. The molecule has 188 valence electrons. The van der Waals surface area contributed by atoms with E-state index in [1.165, 1.54) is 6.07 Å². The Labute approximate surface area is 208 Å². The smallest absolute Gasteiger partial charge is 0.257 e. The van der Waals surface area contributed by atoms with E-state index in [-0.39, 0.29) is 19.4 Å². The summed E-state index contributed by atoms with van der Waals surface area (Å²) >= 11 is 0. The van der Waals surface area contributed by atoms with Crippen LogP contribution in [0.1, 0.15) is 22.0 Å². The lowest BCUT2D eigenvalue weighted by molar-refractivity contribution is 0.0921. The molecule has 1 amide bonds. The van der Waals surface area contributed by atoms with Crippen LogP contribution in [-0.4, -0.2) is 57.4 Å². The number of piperazine rings is 1. The van der Waals surface area contributed by atoms with Crippen molar-refractivity contribution in [2.45, 2.75) is 6.04 Å². The van der Waals surface area contributed by atoms with Crippen molar-refractivity contribution in [3.8, 4) is 17.2 Å². The number of hydrogen-bond donors (Lipinski definition) is 1. The van der Waals surface area contributed by atoms with Gasteiger partial charge in [-0.15, -0.1) is 0 Å². The number of anilines is 1. The summed E-state index contributed by atoms with van der Waals surface area (Å²) in [6.07, 6.45) is 0. The van der Waals surface area contributed by atoms with Crippen molar-refractivity contribution in [1.82, 2.24) is 10.2 Å². The van der Waals surface area contributed by atoms with Crippen molar-refractivity contribution >= 4 is 11.6 Å². The molecule has 2 aliphatic rings. The van der Waals surface area contributed by atoms with Gasteiger partial charge >= 0.3 is 0 Å². The van der Waals surface area contributed by atoms with E-state index < -0.39 is 23.1 Å². The lowest BCUT2D eigenvalue weighted by atomic mass is 10.0. The molecule has 0 aliphatic carbocycles. The number of hydrogen-bond acceptors (Lipinski definition) is 6. The summed E-state index contributed by atoms with van der Waals surface area (Å²) < 4.78 is 44.5. The maximum absolute atomic E-state index is 14.1. The Morgan fingerprint density at radius 1 is 0.972 bits per heavy atom. The zero-order valence-electron chi connectivity index (χ0n) is 19.9. The number of carbonyl (C=O) groups excluding carboxylic acids is 1. The number of rotatable bonds is 7. The van der Waals surface area contributed by atoms with Gasteiger partial charge in [-0.25, -0.2) is 8.78 Å². The lowest BCUT2D eigenvalue weighted by Crippen LogP contribution is -2.50. The van der Waals surface area contributed by atoms with Gasteiger partial charge in [0.05, 0.1) is 13.2 Å². The van der Waals surface area contributed by atoms with E-state index in [2.05, 4.69) is 15.1 Å². The fraction of sp³-hybridized carbons (Fsp3) is 0.296. The molecular formula is C27H27F2N3O4. The second-order valence-corrected chi connectivity index (χ2v) is 8.66. The lowest BCUT2D eigenvalue weighted by Gasteiger charge is -2.40.